The summed E-state index contributed by atoms with van der Waals surface area (Å²) in [7, 11) is 3.24. The van der Waals surface area contributed by atoms with Crippen molar-refractivity contribution in [2.45, 2.75) is 25.4 Å². The van der Waals surface area contributed by atoms with Gasteiger partial charge in [0.15, 0.2) is 0 Å². The number of nitrogen functional groups attached to an aromatic ring is 1. The van der Waals surface area contributed by atoms with E-state index in [4.69, 9.17) is 15.2 Å². The average Bonchev–Trinajstić information content (AvgIpc) is 2.38. The largest absolute Gasteiger partial charge is 0.467 e. The van der Waals surface area contributed by atoms with E-state index in [0.29, 0.717) is 5.95 Å². The van der Waals surface area contributed by atoms with Crippen molar-refractivity contribution in [2.24, 2.45) is 0 Å². The van der Waals surface area contributed by atoms with Crippen molar-refractivity contribution < 1.29 is 9.47 Å². The van der Waals surface area contributed by atoms with Crippen LogP contribution in [0.3, 0.4) is 0 Å². The smallest absolute Gasteiger partial charge is 0.322 e. The lowest BCUT2D eigenvalue weighted by Crippen LogP contribution is -2.48. The first-order chi connectivity index (χ1) is 8.56. The van der Waals surface area contributed by atoms with E-state index in [1.165, 1.54) is 7.11 Å². The van der Waals surface area contributed by atoms with Gasteiger partial charge in [0.05, 0.1) is 12.7 Å². The lowest BCUT2D eigenvalue weighted by Gasteiger charge is -2.39. The molecular formula is C11H19N5O2. The summed E-state index contributed by atoms with van der Waals surface area (Å²) >= 11 is 0. The van der Waals surface area contributed by atoms with Gasteiger partial charge in [-0.1, -0.05) is 0 Å². The first kappa shape index (κ1) is 12.8. The molecule has 18 heavy (non-hydrogen) atoms. The van der Waals surface area contributed by atoms with Gasteiger partial charge in [-0.05, 0) is 19.8 Å². The maximum Gasteiger partial charge on any atom is 0.322 e. The Labute approximate surface area is 106 Å². The van der Waals surface area contributed by atoms with E-state index in [9.17, 15) is 0 Å². The minimum absolute atomic E-state index is 0.168. The number of hydrogen-bond donors (Lipinski definition) is 1. The van der Waals surface area contributed by atoms with E-state index >= 15 is 0 Å². The summed E-state index contributed by atoms with van der Waals surface area (Å²) in [4.78, 5) is 14.3. The number of rotatable bonds is 3. The predicted molar refractivity (Wildman–Crippen MR) is 67.7 cm³/mol. The quantitative estimate of drug-likeness (QED) is 0.837. The van der Waals surface area contributed by atoms with E-state index < -0.39 is 0 Å². The molecule has 1 fully saturated rings. The molecule has 7 heteroatoms. The van der Waals surface area contributed by atoms with Crippen LogP contribution >= 0.6 is 0 Å². The van der Waals surface area contributed by atoms with Gasteiger partial charge in [-0.2, -0.15) is 15.0 Å². The summed E-state index contributed by atoms with van der Waals surface area (Å²) in [6, 6.07) is 0.238. The number of piperidine rings is 1. The van der Waals surface area contributed by atoms with Crippen LogP contribution in [0.2, 0.25) is 0 Å². The van der Waals surface area contributed by atoms with Crippen molar-refractivity contribution in [3.63, 3.8) is 0 Å². The fraction of sp³-hybridized carbons (Fsp3) is 0.727. The van der Waals surface area contributed by atoms with Gasteiger partial charge in [-0.3, -0.25) is 0 Å². The number of hydrogen-bond acceptors (Lipinski definition) is 7. The predicted octanol–water partition coefficient (Wildman–Crippen LogP) is 0.468. The molecule has 7 nitrogen and oxygen atoms in total. The number of methoxy groups -OCH3 is 2. The van der Waals surface area contributed by atoms with Crippen molar-refractivity contribution >= 4 is 11.9 Å². The third-order valence-electron chi connectivity index (χ3n) is 3.24. The Morgan fingerprint density at radius 3 is 2.72 bits per heavy atom. The molecule has 100 valence electrons. The fourth-order valence-corrected chi connectivity index (χ4v) is 2.14. The number of anilines is 2. The molecule has 1 aliphatic heterocycles. The topological polar surface area (TPSA) is 86.4 Å². The summed E-state index contributed by atoms with van der Waals surface area (Å²) < 4.78 is 10.5. The summed E-state index contributed by atoms with van der Waals surface area (Å²) in [6.45, 7) is 3.70. The summed E-state index contributed by atoms with van der Waals surface area (Å²) in [5.41, 5.74) is 5.47. The molecule has 1 unspecified atom stereocenters. The maximum absolute atomic E-state index is 5.64. The lowest BCUT2D eigenvalue weighted by atomic mass is 9.95. The Balaban J connectivity index is 2.23. The second kappa shape index (κ2) is 4.93. The van der Waals surface area contributed by atoms with E-state index in [2.05, 4.69) is 21.9 Å². The van der Waals surface area contributed by atoms with Crippen LogP contribution in [0, 0.1) is 0 Å². The minimum Gasteiger partial charge on any atom is -0.467 e. The first-order valence-corrected chi connectivity index (χ1v) is 5.92. The maximum atomic E-state index is 5.64. The Morgan fingerprint density at radius 2 is 2.06 bits per heavy atom. The van der Waals surface area contributed by atoms with Gasteiger partial charge in [0, 0.05) is 20.2 Å². The number of nitrogens with zero attached hydrogens (tertiary/aromatic N) is 4. The number of ether oxygens (including phenoxy) is 2. The molecule has 2 rings (SSSR count). The third kappa shape index (κ3) is 2.61. The van der Waals surface area contributed by atoms with Crippen molar-refractivity contribution in [1.29, 1.82) is 0 Å². The van der Waals surface area contributed by atoms with Gasteiger partial charge in [0.2, 0.25) is 11.9 Å². The molecule has 0 spiro atoms. The van der Waals surface area contributed by atoms with E-state index in [0.717, 1.165) is 25.9 Å². The Hall–Kier alpha value is -1.63. The van der Waals surface area contributed by atoms with E-state index in [1.54, 1.807) is 7.11 Å². The summed E-state index contributed by atoms with van der Waals surface area (Å²) in [6.07, 6.45) is 2.05. The molecule has 0 saturated carbocycles. The van der Waals surface area contributed by atoms with Crippen LogP contribution < -0.4 is 15.4 Å². The van der Waals surface area contributed by atoms with Crippen molar-refractivity contribution in [3.8, 4) is 6.01 Å². The number of nitrogens with two attached hydrogens (primary N) is 1. The second-order valence-electron chi connectivity index (χ2n) is 4.66. The Morgan fingerprint density at radius 1 is 1.28 bits per heavy atom. The van der Waals surface area contributed by atoms with Gasteiger partial charge < -0.3 is 20.1 Å². The average molecular weight is 253 g/mol. The van der Waals surface area contributed by atoms with Crippen LogP contribution in [0.25, 0.3) is 0 Å². The zero-order chi connectivity index (χ0) is 13.2. The molecule has 1 aromatic rings. The van der Waals surface area contributed by atoms with E-state index in [-0.39, 0.29) is 17.6 Å². The highest BCUT2D eigenvalue weighted by molar-refractivity contribution is 5.37. The monoisotopic (exact) mass is 253 g/mol. The van der Waals surface area contributed by atoms with Crippen LogP contribution in [-0.2, 0) is 4.74 Å². The molecule has 2 heterocycles. The van der Waals surface area contributed by atoms with Crippen LogP contribution in [-0.4, -0.2) is 47.9 Å². The second-order valence-corrected chi connectivity index (χ2v) is 4.66. The standard InChI is InChI=1S/C11H19N5O2/c1-11(18-3)5-4-6-16(7-11)9-13-8(12)14-10(15-9)17-2/h4-7H2,1-3H3,(H2,12,13,14,15). The molecule has 2 N–H and O–H groups in total. The molecule has 1 aromatic heterocycles. The van der Waals surface area contributed by atoms with Gasteiger partial charge >= 0.3 is 6.01 Å². The fourth-order valence-electron chi connectivity index (χ4n) is 2.14. The zero-order valence-corrected chi connectivity index (χ0v) is 11.0. The molecule has 1 saturated heterocycles. The highest BCUT2D eigenvalue weighted by atomic mass is 16.5. The summed E-state index contributed by atoms with van der Waals surface area (Å²) in [5.74, 6) is 0.712. The number of aromatic nitrogens is 3. The molecule has 0 aromatic carbocycles. The normalized spacial score (nSPS) is 24.1. The van der Waals surface area contributed by atoms with Gasteiger partial charge in [-0.15, -0.1) is 0 Å². The SMILES string of the molecule is COc1nc(N)nc(N2CCCC(C)(OC)C2)n1. The highest BCUT2D eigenvalue weighted by Crippen LogP contribution is 2.26. The molecular weight excluding hydrogens is 234 g/mol. The minimum atomic E-state index is -0.174. The Kier molecular flexibility index (Phi) is 3.51. The van der Waals surface area contributed by atoms with Crippen LogP contribution in [0.4, 0.5) is 11.9 Å². The molecule has 0 bridgehead atoms. The van der Waals surface area contributed by atoms with Crippen molar-refractivity contribution in [3.05, 3.63) is 0 Å². The molecule has 0 radical (unpaired) electrons. The van der Waals surface area contributed by atoms with Crippen LogP contribution in [0.15, 0.2) is 0 Å². The van der Waals surface area contributed by atoms with Gasteiger partial charge in [-0.25, -0.2) is 0 Å². The van der Waals surface area contributed by atoms with Crippen LogP contribution in [0.1, 0.15) is 19.8 Å². The van der Waals surface area contributed by atoms with Gasteiger partial charge in [0.1, 0.15) is 0 Å². The van der Waals surface area contributed by atoms with Crippen molar-refractivity contribution in [1.82, 2.24) is 15.0 Å². The first-order valence-electron chi connectivity index (χ1n) is 5.92. The van der Waals surface area contributed by atoms with E-state index in [1.807, 2.05) is 4.90 Å². The van der Waals surface area contributed by atoms with Crippen LogP contribution in [0.5, 0.6) is 6.01 Å². The highest BCUT2D eigenvalue weighted by Gasteiger charge is 2.32. The third-order valence-corrected chi connectivity index (χ3v) is 3.24. The zero-order valence-electron chi connectivity index (χ0n) is 11.0. The molecule has 1 aliphatic rings. The lowest BCUT2D eigenvalue weighted by molar-refractivity contribution is -0.00501. The molecule has 0 aliphatic carbocycles. The van der Waals surface area contributed by atoms with Gasteiger partial charge in [0.25, 0.3) is 0 Å². The van der Waals surface area contributed by atoms with Crippen molar-refractivity contribution in [2.75, 3.05) is 37.9 Å². The Bertz CT molecular complexity index is 428. The molecule has 1 atom stereocenters. The summed E-state index contributed by atoms with van der Waals surface area (Å²) in [5, 5.41) is 0. The molecule has 0 amide bonds.